The van der Waals surface area contributed by atoms with Crippen LogP contribution in [0.4, 0.5) is 10.0 Å². The molecule has 0 saturated carbocycles. The second-order valence-corrected chi connectivity index (χ2v) is 15.3. The van der Waals surface area contributed by atoms with E-state index in [1.807, 2.05) is 71.5 Å². The van der Waals surface area contributed by atoms with Crippen molar-refractivity contribution in [3.05, 3.63) is 127 Å². The van der Waals surface area contributed by atoms with E-state index in [1.165, 1.54) is 12.1 Å². The normalized spacial score (nSPS) is 12.2. The van der Waals surface area contributed by atoms with Crippen molar-refractivity contribution < 1.29 is 9.85 Å². The summed E-state index contributed by atoms with van der Waals surface area (Å²) >= 11 is 5.39. The minimum atomic E-state index is -0.393. The summed E-state index contributed by atoms with van der Waals surface area (Å²) in [4.78, 5) is 43.7. The van der Waals surface area contributed by atoms with Gasteiger partial charge in [-0.1, -0.05) is 34.8 Å². The topological polar surface area (TPSA) is 144 Å². The molecule has 242 valence electrons. The Labute approximate surface area is 298 Å². The predicted molar refractivity (Wildman–Crippen MR) is 205 cm³/mol. The van der Waals surface area contributed by atoms with Gasteiger partial charge in [-0.15, -0.1) is 22.7 Å². The molecule has 10 nitrogen and oxygen atoms in total. The van der Waals surface area contributed by atoms with E-state index in [1.54, 1.807) is 34.8 Å². The van der Waals surface area contributed by atoms with Crippen molar-refractivity contribution in [3.63, 3.8) is 0 Å². The van der Waals surface area contributed by atoms with E-state index in [-0.39, 0.29) is 10.0 Å². The van der Waals surface area contributed by atoms with Gasteiger partial charge in [-0.25, -0.2) is 9.97 Å². The first kappa shape index (κ1) is 30.3. The van der Waals surface area contributed by atoms with Crippen molar-refractivity contribution in [2.24, 2.45) is 0 Å². The van der Waals surface area contributed by atoms with Crippen molar-refractivity contribution in [2.75, 3.05) is 0 Å². The van der Waals surface area contributed by atoms with Crippen LogP contribution in [-0.4, -0.2) is 29.8 Å². The monoisotopic (exact) mass is 728 g/mol. The van der Waals surface area contributed by atoms with Crippen LogP contribution in [0.15, 0.2) is 83.6 Å². The Morgan fingerprint density at radius 3 is 1.14 bits per heavy atom. The van der Waals surface area contributed by atoms with Crippen LogP contribution in [-0.2, 0) is 0 Å². The molecule has 0 fully saturated rings. The first-order valence-electron chi connectivity index (χ1n) is 15.1. The molecule has 0 aliphatic carbocycles. The number of thiophene rings is 4. The molecule has 2 aliphatic heterocycles. The Balaban J connectivity index is 1.46. The maximum atomic E-state index is 11.7. The van der Waals surface area contributed by atoms with Crippen molar-refractivity contribution in [3.8, 4) is 41.8 Å². The van der Waals surface area contributed by atoms with Crippen LogP contribution in [0.3, 0.4) is 0 Å². The Morgan fingerprint density at radius 2 is 0.840 bits per heavy atom. The number of nitrogens with zero attached hydrogens (tertiary/aromatic N) is 4. The lowest BCUT2D eigenvalue weighted by Gasteiger charge is -2.03. The van der Waals surface area contributed by atoms with Crippen LogP contribution in [0.1, 0.15) is 22.8 Å². The van der Waals surface area contributed by atoms with Crippen LogP contribution in [0.5, 0.6) is 0 Å². The van der Waals surface area contributed by atoms with Crippen molar-refractivity contribution in [1.29, 1.82) is 0 Å². The molecule has 9 heterocycles. The van der Waals surface area contributed by atoms with Crippen LogP contribution < -0.4 is 0 Å². The fraction of sp³-hybridized carbons (Fsp3) is 0. The lowest BCUT2D eigenvalue weighted by molar-refractivity contribution is -0.380. The van der Waals surface area contributed by atoms with E-state index >= 15 is 0 Å². The SMILES string of the molecule is O=[N+]([O-])c1ccc(-c2c3nc(c(-c4ccc([N+](=O)[O-])s4)c4ccc([nH]4)c(-c4cccs4)c4nc(c(-c5cccs5)c5ccc2[nH]5)C=C4)C=C3)s1. The lowest BCUT2D eigenvalue weighted by Crippen LogP contribution is -1.87. The summed E-state index contributed by atoms with van der Waals surface area (Å²) in [5.74, 6) is 0. The van der Waals surface area contributed by atoms with Crippen LogP contribution in [0.25, 0.3) is 88.1 Å². The number of aromatic amines is 2. The Bertz CT molecular complexity index is 2550. The molecule has 9 rings (SSSR count). The minimum Gasteiger partial charge on any atom is -0.354 e. The molecule has 2 N–H and O–H groups in total. The third kappa shape index (κ3) is 5.13. The van der Waals surface area contributed by atoms with Crippen LogP contribution in [0, 0.1) is 20.2 Å². The van der Waals surface area contributed by atoms with E-state index in [0.29, 0.717) is 32.3 Å². The summed E-state index contributed by atoms with van der Waals surface area (Å²) in [6.45, 7) is 0. The largest absolute Gasteiger partial charge is 0.354 e. The first-order chi connectivity index (χ1) is 24.4. The Hall–Kier alpha value is -5.80. The summed E-state index contributed by atoms with van der Waals surface area (Å²) in [5, 5.41) is 27.6. The number of nitrogens with one attached hydrogen (secondary N) is 2. The van der Waals surface area contributed by atoms with Gasteiger partial charge >= 0.3 is 10.0 Å². The first-order valence-corrected chi connectivity index (χ1v) is 18.5. The summed E-state index contributed by atoms with van der Waals surface area (Å²) < 4.78 is 0. The van der Waals surface area contributed by atoms with Gasteiger partial charge in [-0.2, -0.15) is 0 Å². The maximum Gasteiger partial charge on any atom is 0.324 e. The second kappa shape index (κ2) is 12.0. The molecule has 0 aromatic carbocycles. The van der Waals surface area contributed by atoms with E-state index in [0.717, 1.165) is 77.0 Å². The second-order valence-electron chi connectivity index (χ2n) is 11.2. The molecule has 7 aromatic rings. The van der Waals surface area contributed by atoms with E-state index in [9.17, 15) is 20.2 Å². The summed E-state index contributed by atoms with van der Waals surface area (Å²) in [5.41, 5.74) is 9.21. The number of H-pyrrole nitrogens is 2. The average Bonchev–Trinajstić information content (AvgIpc) is 3.95. The van der Waals surface area contributed by atoms with Gasteiger partial charge < -0.3 is 9.97 Å². The zero-order valence-electron chi connectivity index (χ0n) is 25.4. The molecule has 14 heteroatoms. The third-order valence-electron chi connectivity index (χ3n) is 8.33. The highest BCUT2D eigenvalue weighted by molar-refractivity contribution is 7.19. The highest BCUT2D eigenvalue weighted by Crippen LogP contribution is 2.43. The standard InChI is InChI=1S/C36H20N6O4S4/c43-41(44)31-15-13-29(49-31)35-23-9-7-21(38-23)33(27-3-1-17-47-27)19-5-6-20(37-19)34(28-4-2-18-48-28)22-8-10-24(39-22)36(26-12-11-25(35)40-26)30-14-16-32(50-30)42(45)46/h1-18,38-39H. The van der Waals surface area contributed by atoms with Gasteiger partial charge in [0.15, 0.2) is 0 Å². The zero-order valence-corrected chi connectivity index (χ0v) is 28.7. The number of hydrogen-bond donors (Lipinski definition) is 2. The molecular formula is C36H20N6O4S4. The average molecular weight is 729 g/mol. The van der Waals surface area contributed by atoms with Gasteiger partial charge in [0.05, 0.1) is 32.6 Å². The van der Waals surface area contributed by atoms with E-state index < -0.39 is 9.85 Å². The number of fused-ring (bicyclic) bond motifs is 8. The van der Waals surface area contributed by atoms with Crippen LogP contribution >= 0.6 is 45.3 Å². The van der Waals surface area contributed by atoms with Gasteiger partial charge in [-0.05, 0) is 83.6 Å². The van der Waals surface area contributed by atoms with Gasteiger partial charge in [0, 0.05) is 76.0 Å². The van der Waals surface area contributed by atoms with E-state index in [4.69, 9.17) is 9.97 Å². The highest BCUT2D eigenvalue weighted by Gasteiger charge is 2.22. The summed E-state index contributed by atoms with van der Waals surface area (Å²) in [7, 11) is 0. The minimum absolute atomic E-state index is 0.0207. The van der Waals surface area contributed by atoms with Crippen molar-refractivity contribution in [1.82, 2.24) is 19.9 Å². The number of nitro groups is 2. The Morgan fingerprint density at radius 1 is 0.480 bits per heavy atom. The molecule has 0 spiro atoms. The third-order valence-corrected chi connectivity index (χ3v) is 12.2. The summed E-state index contributed by atoms with van der Waals surface area (Å²) in [6, 6.07) is 22.6. The molecular weight excluding hydrogens is 709 g/mol. The Kier molecular flexibility index (Phi) is 7.24. The molecule has 7 aromatic heterocycles. The molecule has 0 saturated heterocycles. The predicted octanol–water partition coefficient (Wildman–Crippen LogP) is 11.4. The molecule has 0 amide bonds. The van der Waals surface area contributed by atoms with Gasteiger partial charge in [0.25, 0.3) is 0 Å². The van der Waals surface area contributed by atoms with Crippen molar-refractivity contribution in [2.45, 2.75) is 0 Å². The molecule has 0 atom stereocenters. The molecule has 8 bridgehead atoms. The number of hydrogen-bond acceptors (Lipinski definition) is 10. The van der Waals surface area contributed by atoms with E-state index in [2.05, 4.69) is 22.1 Å². The van der Waals surface area contributed by atoms with Gasteiger partial charge in [-0.3, -0.25) is 20.2 Å². The van der Waals surface area contributed by atoms with Crippen LogP contribution in [0.2, 0.25) is 0 Å². The molecule has 50 heavy (non-hydrogen) atoms. The van der Waals surface area contributed by atoms with Gasteiger partial charge in [0.1, 0.15) is 0 Å². The molecule has 0 radical (unpaired) electrons. The van der Waals surface area contributed by atoms with Crippen molar-refractivity contribution >= 4 is 102 Å². The fourth-order valence-corrected chi connectivity index (χ4v) is 9.57. The smallest absolute Gasteiger partial charge is 0.324 e. The maximum absolute atomic E-state index is 11.7. The highest BCUT2D eigenvalue weighted by atomic mass is 32.1. The fourth-order valence-electron chi connectivity index (χ4n) is 6.20. The van der Waals surface area contributed by atoms with Gasteiger partial charge in [0.2, 0.25) is 0 Å². The molecule has 0 unspecified atom stereocenters. The quantitative estimate of drug-likeness (QED) is 0.129. The number of aromatic nitrogens is 4. The zero-order chi connectivity index (χ0) is 33.9. The lowest BCUT2D eigenvalue weighted by atomic mass is 10.1. The number of rotatable bonds is 6. The summed E-state index contributed by atoms with van der Waals surface area (Å²) in [6.07, 6.45) is 7.83. The molecule has 2 aliphatic rings.